The van der Waals surface area contributed by atoms with Gasteiger partial charge in [-0.15, -0.1) is 0 Å². The van der Waals surface area contributed by atoms with Gasteiger partial charge in [-0.1, -0.05) is 0 Å². The minimum atomic E-state index is -1.97. The normalized spacial score (nSPS) is 31.5. The van der Waals surface area contributed by atoms with Crippen LogP contribution in [0.2, 0.25) is 0 Å². The van der Waals surface area contributed by atoms with Gasteiger partial charge in [0.05, 0.1) is 20.3 Å². The van der Waals surface area contributed by atoms with Crippen LogP contribution >= 0.6 is 0 Å². The molecule has 2 aromatic carbocycles. The monoisotopic (exact) mass is 656 g/mol. The van der Waals surface area contributed by atoms with Crippen LogP contribution in [0.4, 0.5) is 0 Å². The van der Waals surface area contributed by atoms with Crippen molar-refractivity contribution in [2.24, 2.45) is 0 Å². The van der Waals surface area contributed by atoms with Crippen molar-refractivity contribution in [2.45, 2.75) is 61.4 Å². The Morgan fingerprint density at radius 2 is 1.28 bits per heavy atom. The molecule has 11 N–H and O–H groups in total. The molecule has 2 saturated heterocycles. The van der Waals surface area contributed by atoms with E-state index >= 15 is 0 Å². The van der Waals surface area contributed by atoms with Crippen LogP contribution in [0, 0.1) is 0 Å². The number of phenols is 3. The van der Waals surface area contributed by atoms with E-state index in [1.54, 1.807) is 0 Å². The fourth-order valence-electron chi connectivity index (χ4n) is 5.09. The van der Waals surface area contributed by atoms with E-state index in [2.05, 4.69) is 0 Å². The van der Waals surface area contributed by atoms with Gasteiger partial charge in [0.1, 0.15) is 59.8 Å². The van der Waals surface area contributed by atoms with E-state index in [1.165, 1.54) is 6.07 Å². The molecular weight excluding hydrogens is 624 g/mol. The molecule has 10 atom stereocenters. The molecule has 3 aromatic rings. The van der Waals surface area contributed by atoms with E-state index in [1.807, 2.05) is 0 Å². The van der Waals surface area contributed by atoms with Crippen LogP contribution in [-0.4, -0.2) is 138 Å². The molecule has 0 bridgehead atoms. The number of aliphatic hydroxyl groups excluding tert-OH is 8. The van der Waals surface area contributed by atoms with Crippen LogP contribution in [0.1, 0.15) is 0 Å². The minimum Gasteiger partial charge on any atom is -0.504 e. The lowest BCUT2D eigenvalue weighted by Crippen LogP contribution is -2.60. The molecule has 0 aliphatic carbocycles. The van der Waals surface area contributed by atoms with Crippen molar-refractivity contribution < 1.29 is 84.3 Å². The summed E-state index contributed by atoms with van der Waals surface area (Å²) in [5.41, 5.74) is -1.65. The van der Waals surface area contributed by atoms with Gasteiger partial charge in [0, 0.05) is 11.6 Å². The highest BCUT2D eigenvalue weighted by Gasteiger charge is 2.47. The number of ether oxygens (including phenoxy) is 5. The number of hydrogen-bond acceptors (Lipinski definition) is 18. The molecule has 5 rings (SSSR count). The fourth-order valence-corrected chi connectivity index (χ4v) is 5.09. The minimum absolute atomic E-state index is 0.0967. The molecule has 0 amide bonds. The largest absolute Gasteiger partial charge is 0.504 e. The van der Waals surface area contributed by atoms with Gasteiger partial charge in [0.15, 0.2) is 28.8 Å². The van der Waals surface area contributed by atoms with Crippen LogP contribution in [0.15, 0.2) is 33.5 Å². The Morgan fingerprint density at radius 3 is 1.80 bits per heavy atom. The summed E-state index contributed by atoms with van der Waals surface area (Å²) < 4.78 is 33.1. The summed E-state index contributed by atoms with van der Waals surface area (Å²) in [6.45, 7) is -1.58. The van der Waals surface area contributed by atoms with Crippen LogP contribution in [0.5, 0.6) is 34.5 Å². The van der Waals surface area contributed by atoms with Crippen molar-refractivity contribution >= 4 is 11.0 Å². The van der Waals surface area contributed by atoms with Crippen molar-refractivity contribution in [3.05, 3.63) is 34.5 Å². The lowest BCUT2D eigenvalue weighted by Gasteiger charge is -2.39. The zero-order valence-electron chi connectivity index (χ0n) is 23.8. The fraction of sp³-hybridized carbons (Fsp3) is 0.464. The average molecular weight is 657 g/mol. The van der Waals surface area contributed by atoms with Gasteiger partial charge in [-0.2, -0.15) is 0 Å². The second-order valence-corrected chi connectivity index (χ2v) is 10.6. The molecular formula is C28H32O18. The topological polar surface area (TPSA) is 299 Å². The molecule has 0 radical (unpaired) electrons. The first-order valence-corrected chi connectivity index (χ1v) is 13.7. The summed E-state index contributed by atoms with van der Waals surface area (Å²) in [6, 6.07) is 4.26. The molecule has 3 heterocycles. The quantitative estimate of drug-likeness (QED) is 0.107. The maximum absolute atomic E-state index is 14.0. The second kappa shape index (κ2) is 13.0. The Hall–Kier alpha value is -3.95. The van der Waals surface area contributed by atoms with Crippen molar-refractivity contribution in [3.8, 4) is 45.8 Å². The van der Waals surface area contributed by atoms with E-state index < -0.39 is 131 Å². The highest BCUT2D eigenvalue weighted by Crippen LogP contribution is 2.46. The Kier molecular flexibility index (Phi) is 9.47. The maximum Gasteiger partial charge on any atom is 0.239 e. The molecule has 0 unspecified atom stereocenters. The SMILES string of the molecule is COc1c(O[C@@H]2O[C@H](CO)[C@@H](O)[C@H](O)[C@H]2O)cc2oc(-c3ccc(O)c(O)c3)c(O[C@@H]3O[C@H](CO)[C@H](O)[C@H](O)[C@H]3O)c(=O)c2c1O. The molecule has 18 heteroatoms. The van der Waals surface area contributed by atoms with Crippen LogP contribution in [0.25, 0.3) is 22.3 Å². The molecule has 1 aromatic heterocycles. The first kappa shape index (κ1) is 33.4. The third kappa shape index (κ3) is 5.75. The van der Waals surface area contributed by atoms with Crippen molar-refractivity contribution in [1.29, 1.82) is 0 Å². The predicted octanol–water partition coefficient (Wildman–Crippen LogP) is -3.06. The number of aromatic hydroxyl groups is 3. The standard InChI is InChI=1S/C28H32O18/c1-41-25-12(43-27-22(39)20(37)16(33)13(6-29)44-27)5-11-15(18(25)35)19(36)26(24(42-11)8-2-3-9(31)10(32)4-8)46-28-23(40)21(38)17(34)14(7-30)45-28/h2-5,13-14,16-17,20-23,27-35,37-40H,6-7H2,1H3/t13-,14-,16-,17+,20+,21+,22-,23-,27-,28+/m1/s1. The number of rotatable bonds is 8. The van der Waals surface area contributed by atoms with Gasteiger partial charge in [-0.05, 0) is 18.2 Å². The third-order valence-electron chi connectivity index (χ3n) is 7.65. The first-order chi connectivity index (χ1) is 21.8. The Labute approximate surface area is 257 Å². The summed E-state index contributed by atoms with van der Waals surface area (Å²) >= 11 is 0. The lowest BCUT2D eigenvalue weighted by atomic mass is 9.99. The Morgan fingerprint density at radius 1 is 0.717 bits per heavy atom. The number of hydrogen-bond donors (Lipinski definition) is 11. The molecule has 2 aliphatic heterocycles. The average Bonchev–Trinajstić information content (AvgIpc) is 3.03. The number of methoxy groups -OCH3 is 1. The number of benzene rings is 2. The highest BCUT2D eigenvalue weighted by atomic mass is 16.7. The van der Waals surface area contributed by atoms with Crippen LogP contribution in [0.3, 0.4) is 0 Å². The van der Waals surface area contributed by atoms with Crippen LogP contribution < -0.4 is 19.6 Å². The zero-order chi connectivity index (χ0) is 33.6. The van der Waals surface area contributed by atoms with E-state index in [9.17, 15) is 61.0 Å². The molecule has 2 fully saturated rings. The maximum atomic E-state index is 14.0. The van der Waals surface area contributed by atoms with Gasteiger partial charge < -0.3 is 84.3 Å². The second-order valence-electron chi connectivity index (χ2n) is 10.6. The molecule has 18 nitrogen and oxygen atoms in total. The van der Waals surface area contributed by atoms with Gasteiger partial charge in [-0.3, -0.25) is 4.79 Å². The van der Waals surface area contributed by atoms with Crippen LogP contribution in [-0.2, 0) is 9.47 Å². The number of aliphatic hydroxyl groups is 8. The molecule has 46 heavy (non-hydrogen) atoms. The first-order valence-electron chi connectivity index (χ1n) is 13.7. The van der Waals surface area contributed by atoms with E-state index in [4.69, 9.17) is 28.1 Å². The van der Waals surface area contributed by atoms with Gasteiger partial charge in [0.2, 0.25) is 29.5 Å². The summed E-state index contributed by atoms with van der Waals surface area (Å²) in [4.78, 5) is 14.0. The Bertz CT molecular complexity index is 1620. The van der Waals surface area contributed by atoms with Crippen molar-refractivity contribution in [2.75, 3.05) is 20.3 Å². The van der Waals surface area contributed by atoms with E-state index in [0.29, 0.717) is 0 Å². The van der Waals surface area contributed by atoms with Gasteiger partial charge >= 0.3 is 0 Å². The van der Waals surface area contributed by atoms with Crippen molar-refractivity contribution in [3.63, 3.8) is 0 Å². The highest BCUT2D eigenvalue weighted by molar-refractivity contribution is 5.91. The van der Waals surface area contributed by atoms with Crippen molar-refractivity contribution in [1.82, 2.24) is 0 Å². The number of fused-ring (bicyclic) bond motifs is 1. The number of phenolic OH excluding ortho intramolecular Hbond substituents is 3. The summed E-state index contributed by atoms with van der Waals surface area (Å²) in [5.74, 6) is -4.25. The molecule has 0 saturated carbocycles. The van der Waals surface area contributed by atoms with Gasteiger partial charge in [-0.25, -0.2) is 0 Å². The smallest absolute Gasteiger partial charge is 0.239 e. The zero-order valence-corrected chi connectivity index (χ0v) is 23.8. The molecule has 0 spiro atoms. The summed E-state index contributed by atoms with van der Waals surface area (Å²) in [5, 5.41) is 111. The lowest BCUT2D eigenvalue weighted by molar-refractivity contribution is -0.277. The molecule has 252 valence electrons. The van der Waals surface area contributed by atoms with Gasteiger partial charge in [0.25, 0.3) is 0 Å². The predicted molar refractivity (Wildman–Crippen MR) is 148 cm³/mol. The third-order valence-corrected chi connectivity index (χ3v) is 7.65. The Balaban J connectivity index is 1.66. The molecule has 2 aliphatic rings. The summed E-state index contributed by atoms with van der Waals surface area (Å²) in [6.07, 6.45) is -17.4. The summed E-state index contributed by atoms with van der Waals surface area (Å²) in [7, 11) is 1.08. The van der Waals surface area contributed by atoms with E-state index in [-0.39, 0.29) is 5.56 Å². The van der Waals surface area contributed by atoms with E-state index in [0.717, 1.165) is 25.3 Å².